The lowest BCUT2D eigenvalue weighted by Gasteiger charge is -1.97. The number of hydrogen-bond donors (Lipinski definition) is 2. The highest BCUT2D eigenvalue weighted by atomic mass is 32.1. The largest absolute Gasteiger partial charge is 0.299 e. The van der Waals surface area contributed by atoms with Crippen molar-refractivity contribution in [3.05, 3.63) is 10.8 Å². The first-order valence-electron chi connectivity index (χ1n) is 5.02. The van der Waals surface area contributed by atoms with Crippen LogP contribution in [0.5, 0.6) is 0 Å². The summed E-state index contributed by atoms with van der Waals surface area (Å²) in [5.74, 6) is 0.0281. The number of rotatable bonds is 4. The Bertz CT molecular complexity index is 492. The maximum absolute atomic E-state index is 11.5. The van der Waals surface area contributed by atoms with Crippen LogP contribution in [-0.2, 0) is 6.42 Å². The molecule has 0 fully saturated rings. The van der Waals surface area contributed by atoms with Crippen LogP contribution in [0.2, 0.25) is 0 Å². The van der Waals surface area contributed by atoms with Crippen LogP contribution in [0.25, 0.3) is 0 Å². The van der Waals surface area contributed by atoms with E-state index in [1.54, 1.807) is 0 Å². The topological polar surface area (TPSA) is 109 Å². The maximum Gasteiger partial charge on any atom is 0.299 e. The molecule has 2 rings (SSSR count). The number of amides is 1. The standard InChI is InChI=1S/C8H11N7OS/c1-4(2)3-5-10-13-8(17-5)9-7(16)6-11-14-15-12-6/h4H,3H2,1-2H3,(H,9,13,16)(H,11,12,14,15). The number of aromatic nitrogens is 6. The number of nitrogens with zero attached hydrogens (tertiary/aromatic N) is 5. The predicted molar refractivity (Wildman–Crippen MR) is 60.6 cm³/mol. The molecular weight excluding hydrogens is 242 g/mol. The fraction of sp³-hybridized carbons (Fsp3) is 0.500. The molecule has 0 aliphatic carbocycles. The van der Waals surface area contributed by atoms with Gasteiger partial charge in [-0.05, 0) is 11.1 Å². The maximum atomic E-state index is 11.5. The highest BCUT2D eigenvalue weighted by molar-refractivity contribution is 7.15. The van der Waals surface area contributed by atoms with Crippen molar-refractivity contribution in [2.45, 2.75) is 20.3 Å². The Hall–Kier alpha value is -1.90. The number of hydrogen-bond acceptors (Lipinski definition) is 7. The van der Waals surface area contributed by atoms with E-state index in [0.29, 0.717) is 11.0 Å². The minimum Gasteiger partial charge on any atom is -0.294 e. The van der Waals surface area contributed by atoms with Gasteiger partial charge in [-0.25, -0.2) is 0 Å². The van der Waals surface area contributed by atoms with Gasteiger partial charge < -0.3 is 0 Å². The Labute approximate surface area is 101 Å². The number of H-pyrrole nitrogens is 1. The van der Waals surface area contributed by atoms with E-state index < -0.39 is 5.91 Å². The molecule has 9 heteroatoms. The van der Waals surface area contributed by atoms with Gasteiger partial charge in [0.25, 0.3) is 11.7 Å². The summed E-state index contributed by atoms with van der Waals surface area (Å²) in [5.41, 5.74) is 0. The molecule has 0 saturated carbocycles. The molecule has 0 radical (unpaired) electrons. The molecule has 2 N–H and O–H groups in total. The zero-order chi connectivity index (χ0) is 12.3. The number of carbonyl (C=O) groups excluding carboxylic acids is 1. The number of nitrogens with one attached hydrogen (secondary N) is 2. The summed E-state index contributed by atoms with van der Waals surface area (Å²) in [6.07, 6.45) is 0.843. The number of anilines is 1. The molecule has 8 nitrogen and oxygen atoms in total. The van der Waals surface area contributed by atoms with Gasteiger partial charge >= 0.3 is 0 Å². The van der Waals surface area contributed by atoms with Crippen LogP contribution in [0.15, 0.2) is 0 Å². The molecule has 0 saturated heterocycles. The molecule has 2 heterocycles. The van der Waals surface area contributed by atoms with Crippen LogP contribution < -0.4 is 5.32 Å². The average molecular weight is 253 g/mol. The quantitative estimate of drug-likeness (QED) is 0.821. The SMILES string of the molecule is CC(C)Cc1nnc(NC(=O)c2nn[nH]n2)s1. The molecule has 0 aliphatic rings. The van der Waals surface area contributed by atoms with E-state index in [4.69, 9.17) is 0 Å². The summed E-state index contributed by atoms with van der Waals surface area (Å²) >= 11 is 1.35. The van der Waals surface area contributed by atoms with Gasteiger partial charge in [-0.1, -0.05) is 25.2 Å². The normalized spacial score (nSPS) is 10.8. The van der Waals surface area contributed by atoms with Crippen molar-refractivity contribution in [1.82, 2.24) is 30.8 Å². The van der Waals surface area contributed by atoms with Crippen LogP contribution in [0.4, 0.5) is 5.13 Å². The third-order valence-electron chi connectivity index (χ3n) is 1.82. The summed E-state index contributed by atoms with van der Waals surface area (Å²) in [7, 11) is 0. The summed E-state index contributed by atoms with van der Waals surface area (Å²) in [6, 6.07) is 0. The second kappa shape index (κ2) is 4.95. The van der Waals surface area contributed by atoms with Crippen molar-refractivity contribution in [2.24, 2.45) is 5.92 Å². The minimum absolute atomic E-state index is 0.0226. The van der Waals surface area contributed by atoms with Crippen LogP contribution in [-0.4, -0.2) is 36.7 Å². The Morgan fingerprint density at radius 2 is 2.24 bits per heavy atom. The Kier molecular flexibility index (Phi) is 3.38. The number of tetrazole rings is 1. The third-order valence-corrected chi connectivity index (χ3v) is 2.68. The molecule has 0 spiro atoms. The van der Waals surface area contributed by atoms with E-state index in [9.17, 15) is 4.79 Å². The third kappa shape index (κ3) is 3.03. The van der Waals surface area contributed by atoms with Crippen molar-refractivity contribution in [3.8, 4) is 0 Å². The molecule has 0 aliphatic heterocycles. The summed E-state index contributed by atoms with van der Waals surface area (Å²) < 4.78 is 0. The Morgan fingerprint density at radius 3 is 2.88 bits per heavy atom. The van der Waals surface area contributed by atoms with E-state index in [1.807, 2.05) is 0 Å². The highest BCUT2D eigenvalue weighted by Crippen LogP contribution is 2.18. The second-order valence-electron chi connectivity index (χ2n) is 3.79. The predicted octanol–water partition coefficient (Wildman–Crippen LogP) is 0.502. The first-order chi connectivity index (χ1) is 8.15. The van der Waals surface area contributed by atoms with Crippen LogP contribution >= 0.6 is 11.3 Å². The van der Waals surface area contributed by atoms with E-state index in [1.165, 1.54) is 11.3 Å². The molecule has 0 atom stereocenters. The van der Waals surface area contributed by atoms with Crippen LogP contribution in [0, 0.1) is 5.92 Å². The summed E-state index contributed by atoms with van der Waals surface area (Å²) in [6.45, 7) is 4.19. The molecule has 0 aromatic carbocycles. The van der Waals surface area contributed by atoms with Crippen molar-refractivity contribution in [1.29, 1.82) is 0 Å². The summed E-state index contributed by atoms with van der Waals surface area (Å²) in [5, 5.41) is 24.4. The van der Waals surface area contributed by atoms with Gasteiger partial charge in [-0.3, -0.25) is 10.1 Å². The van der Waals surface area contributed by atoms with Gasteiger partial charge in [0.05, 0.1) is 0 Å². The Morgan fingerprint density at radius 1 is 1.41 bits per heavy atom. The fourth-order valence-corrected chi connectivity index (χ4v) is 2.09. The van der Waals surface area contributed by atoms with Crippen molar-refractivity contribution in [3.63, 3.8) is 0 Å². The number of carbonyl (C=O) groups is 1. The second-order valence-corrected chi connectivity index (χ2v) is 4.85. The lowest BCUT2D eigenvalue weighted by molar-refractivity contribution is 0.101. The van der Waals surface area contributed by atoms with Gasteiger partial charge in [0.2, 0.25) is 5.13 Å². The molecule has 2 aromatic heterocycles. The van der Waals surface area contributed by atoms with Gasteiger partial charge in [-0.15, -0.1) is 20.4 Å². The Balaban J connectivity index is 1.99. The zero-order valence-electron chi connectivity index (χ0n) is 9.34. The fourth-order valence-electron chi connectivity index (χ4n) is 1.15. The smallest absolute Gasteiger partial charge is 0.294 e. The van der Waals surface area contributed by atoms with Crippen LogP contribution in [0.1, 0.15) is 29.5 Å². The molecule has 0 bridgehead atoms. The van der Waals surface area contributed by atoms with Crippen molar-refractivity contribution in [2.75, 3.05) is 5.32 Å². The monoisotopic (exact) mass is 253 g/mol. The van der Waals surface area contributed by atoms with E-state index >= 15 is 0 Å². The van der Waals surface area contributed by atoms with Gasteiger partial charge in [0.15, 0.2) is 0 Å². The van der Waals surface area contributed by atoms with Crippen molar-refractivity contribution >= 4 is 22.4 Å². The van der Waals surface area contributed by atoms with Crippen molar-refractivity contribution < 1.29 is 4.79 Å². The van der Waals surface area contributed by atoms with Crippen LogP contribution in [0.3, 0.4) is 0 Å². The average Bonchev–Trinajstić information content (AvgIpc) is 2.87. The number of aromatic amines is 1. The van der Waals surface area contributed by atoms with E-state index in [2.05, 4.69) is 50.0 Å². The van der Waals surface area contributed by atoms with Gasteiger partial charge in [0.1, 0.15) is 5.01 Å². The lowest BCUT2D eigenvalue weighted by Crippen LogP contribution is -2.13. The van der Waals surface area contributed by atoms with E-state index in [-0.39, 0.29) is 5.82 Å². The zero-order valence-corrected chi connectivity index (χ0v) is 10.2. The highest BCUT2D eigenvalue weighted by Gasteiger charge is 2.14. The summed E-state index contributed by atoms with van der Waals surface area (Å²) in [4.78, 5) is 11.5. The molecule has 17 heavy (non-hydrogen) atoms. The van der Waals surface area contributed by atoms with Gasteiger partial charge in [-0.2, -0.15) is 5.21 Å². The lowest BCUT2D eigenvalue weighted by atomic mass is 10.1. The first-order valence-corrected chi connectivity index (χ1v) is 5.84. The van der Waals surface area contributed by atoms with E-state index in [0.717, 1.165) is 11.4 Å². The molecule has 0 unspecified atom stereocenters. The molecular formula is C8H11N7OS. The van der Waals surface area contributed by atoms with Gasteiger partial charge in [0, 0.05) is 6.42 Å². The molecule has 1 amide bonds. The molecule has 2 aromatic rings. The first kappa shape index (κ1) is 11.6. The molecule has 90 valence electrons. The minimum atomic E-state index is -0.453.